The lowest BCUT2D eigenvalue weighted by Crippen LogP contribution is -2.36. The number of benzene rings is 2. The van der Waals surface area contributed by atoms with Gasteiger partial charge in [0.25, 0.3) is 0 Å². The van der Waals surface area contributed by atoms with E-state index >= 15 is 0 Å². The van der Waals surface area contributed by atoms with E-state index in [2.05, 4.69) is 5.32 Å². The van der Waals surface area contributed by atoms with Crippen LogP contribution in [0.1, 0.15) is 12.0 Å². The van der Waals surface area contributed by atoms with Crippen LogP contribution in [0.25, 0.3) is 6.08 Å². The van der Waals surface area contributed by atoms with Crippen LogP contribution in [0.4, 0.5) is 5.69 Å². The van der Waals surface area contributed by atoms with Crippen LogP contribution in [0.15, 0.2) is 42.5 Å². The molecule has 2 aliphatic rings. The average molecular weight is 424 g/mol. The first-order valence-corrected chi connectivity index (χ1v) is 9.98. The predicted octanol–water partition coefficient (Wildman–Crippen LogP) is 2.41. The van der Waals surface area contributed by atoms with Gasteiger partial charge in [-0.15, -0.1) is 0 Å². The largest absolute Gasteiger partial charge is 0.493 e. The van der Waals surface area contributed by atoms with Crippen molar-refractivity contribution in [3.63, 3.8) is 0 Å². The lowest BCUT2D eigenvalue weighted by atomic mass is 10.2. The molecule has 0 radical (unpaired) electrons. The molecule has 8 heteroatoms. The Morgan fingerprint density at radius 1 is 1.06 bits per heavy atom. The Morgan fingerprint density at radius 3 is 2.61 bits per heavy atom. The Hall–Kier alpha value is -3.68. The third-order valence-corrected chi connectivity index (χ3v) is 5.14. The van der Waals surface area contributed by atoms with Crippen molar-refractivity contribution < 1.29 is 28.5 Å². The van der Waals surface area contributed by atoms with E-state index in [-0.39, 0.29) is 24.3 Å². The highest BCUT2D eigenvalue weighted by Gasteiger charge is 2.32. The molecule has 162 valence electrons. The minimum atomic E-state index is -0.275. The predicted molar refractivity (Wildman–Crippen MR) is 115 cm³/mol. The van der Waals surface area contributed by atoms with Crippen molar-refractivity contribution in [1.29, 1.82) is 0 Å². The summed E-state index contributed by atoms with van der Waals surface area (Å²) in [6.45, 7) is 1.39. The van der Waals surface area contributed by atoms with E-state index in [1.165, 1.54) is 6.08 Å². The molecule has 1 N–H and O–H groups in total. The van der Waals surface area contributed by atoms with E-state index in [1.807, 2.05) is 12.1 Å². The fourth-order valence-electron chi connectivity index (χ4n) is 3.63. The first kappa shape index (κ1) is 20.6. The van der Waals surface area contributed by atoms with Crippen molar-refractivity contribution in [3.05, 3.63) is 48.0 Å². The Morgan fingerprint density at radius 2 is 1.84 bits per heavy atom. The van der Waals surface area contributed by atoms with Gasteiger partial charge in [-0.1, -0.05) is 6.07 Å². The van der Waals surface area contributed by atoms with Crippen LogP contribution in [-0.2, 0) is 9.59 Å². The highest BCUT2D eigenvalue weighted by molar-refractivity contribution is 5.98. The highest BCUT2D eigenvalue weighted by atomic mass is 16.6. The summed E-state index contributed by atoms with van der Waals surface area (Å²) in [4.78, 5) is 26.5. The monoisotopic (exact) mass is 424 g/mol. The van der Waals surface area contributed by atoms with Gasteiger partial charge in [0.2, 0.25) is 11.8 Å². The van der Waals surface area contributed by atoms with Gasteiger partial charge in [-0.05, 0) is 35.9 Å². The number of ether oxygens (including phenoxy) is 4. The van der Waals surface area contributed by atoms with Gasteiger partial charge in [-0.3, -0.25) is 9.59 Å². The summed E-state index contributed by atoms with van der Waals surface area (Å²) in [7, 11) is 3.13. The maximum atomic E-state index is 12.5. The molecule has 0 bridgehead atoms. The van der Waals surface area contributed by atoms with Gasteiger partial charge in [0.1, 0.15) is 13.2 Å². The van der Waals surface area contributed by atoms with Crippen molar-refractivity contribution in [2.24, 2.45) is 0 Å². The molecule has 1 fully saturated rings. The standard InChI is InChI=1S/C23H24N2O6/c1-28-18-6-3-15(11-20(18)29-2)4-8-22(26)24-16-12-23(27)25(14-16)17-5-7-19-21(13-17)31-10-9-30-19/h3-8,11,13,16H,9-10,12,14H2,1-2H3,(H,24,26). The van der Waals surface area contributed by atoms with Crippen LogP contribution in [0.3, 0.4) is 0 Å². The Bertz CT molecular complexity index is 1020. The van der Waals surface area contributed by atoms with Crippen LogP contribution < -0.4 is 29.2 Å². The quantitative estimate of drug-likeness (QED) is 0.717. The summed E-state index contributed by atoms with van der Waals surface area (Å²) in [6.07, 6.45) is 3.37. The zero-order valence-electron chi connectivity index (χ0n) is 17.4. The number of hydrogen-bond donors (Lipinski definition) is 1. The SMILES string of the molecule is COc1ccc(C=CC(=O)NC2CC(=O)N(c3ccc4c(c3)OCCO4)C2)cc1OC. The van der Waals surface area contributed by atoms with Gasteiger partial charge in [0.05, 0.1) is 20.3 Å². The molecule has 31 heavy (non-hydrogen) atoms. The zero-order chi connectivity index (χ0) is 21.8. The van der Waals surface area contributed by atoms with E-state index in [1.54, 1.807) is 49.5 Å². The third-order valence-electron chi connectivity index (χ3n) is 5.14. The average Bonchev–Trinajstić information content (AvgIpc) is 3.16. The van der Waals surface area contributed by atoms with Crippen LogP contribution in [0, 0.1) is 0 Å². The van der Waals surface area contributed by atoms with Gasteiger partial charge in [0, 0.05) is 30.8 Å². The summed E-state index contributed by atoms with van der Waals surface area (Å²) in [5, 5.41) is 2.89. The molecule has 0 saturated carbocycles. The van der Waals surface area contributed by atoms with Crippen LogP contribution in [-0.4, -0.2) is 51.8 Å². The summed E-state index contributed by atoms with van der Waals surface area (Å²) in [6, 6.07) is 10.5. The van der Waals surface area contributed by atoms with Crippen LogP contribution in [0.5, 0.6) is 23.0 Å². The maximum absolute atomic E-state index is 12.5. The Kier molecular flexibility index (Phi) is 5.97. The molecule has 1 atom stereocenters. The molecular weight excluding hydrogens is 400 g/mol. The second-order valence-electron chi connectivity index (χ2n) is 7.19. The van der Waals surface area contributed by atoms with Crippen molar-refractivity contribution in [2.45, 2.75) is 12.5 Å². The summed E-state index contributed by atoms with van der Waals surface area (Å²) >= 11 is 0. The summed E-state index contributed by atoms with van der Waals surface area (Å²) in [5.41, 5.74) is 1.53. The number of fused-ring (bicyclic) bond motifs is 1. The van der Waals surface area contributed by atoms with Gasteiger partial charge in [-0.2, -0.15) is 0 Å². The number of anilines is 1. The molecule has 4 rings (SSSR count). The van der Waals surface area contributed by atoms with Crippen LogP contribution in [0.2, 0.25) is 0 Å². The lowest BCUT2D eigenvalue weighted by molar-refractivity contribution is -0.117. The third kappa shape index (κ3) is 4.58. The Labute approximate surface area is 180 Å². The highest BCUT2D eigenvalue weighted by Crippen LogP contribution is 2.35. The molecule has 1 unspecified atom stereocenters. The number of carbonyl (C=O) groups is 2. The van der Waals surface area contributed by atoms with Crippen molar-refractivity contribution in [1.82, 2.24) is 5.32 Å². The first-order chi connectivity index (χ1) is 15.1. The smallest absolute Gasteiger partial charge is 0.244 e. The number of amides is 2. The van der Waals surface area contributed by atoms with Gasteiger partial charge < -0.3 is 29.2 Å². The molecule has 1 saturated heterocycles. The second-order valence-corrected chi connectivity index (χ2v) is 7.19. The molecule has 8 nitrogen and oxygen atoms in total. The van der Waals surface area contributed by atoms with E-state index < -0.39 is 0 Å². The molecule has 2 aromatic rings. The first-order valence-electron chi connectivity index (χ1n) is 9.98. The molecular formula is C23H24N2O6. The van der Waals surface area contributed by atoms with Gasteiger partial charge in [-0.25, -0.2) is 0 Å². The van der Waals surface area contributed by atoms with Gasteiger partial charge in [0.15, 0.2) is 23.0 Å². The molecule has 2 aliphatic heterocycles. The minimum absolute atomic E-state index is 0.0501. The summed E-state index contributed by atoms with van der Waals surface area (Å²) in [5.74, 6) is 2.19. The molecule has 0 spiro atoms. The van der Waals surface area contributed by atoms with Crippen LogP contribution >= 0.6 is 0 Å². The van der Waals surface area contributed by atoms with E-state index in [4.69, 9.17) is 18.9 Å². The van der Waals surface area contributed by atoms with E-state index in [9.17, 15) is 9.59 Å². The maximum Gasteiger partial charge on any atom is 0.244 e. The molecule has 0 aromatic heterocycles. The topological polar surface area (TPSA) is 86.3 Å². The fourth-order valence-corrected chi connectivity index (χ4v) is 3.63. The second kappa shape index (κ2) is 8.99. The number of carbonyl (C=O) groups excluding carboxylic acids is 2. The molecule has 2 amide bonds. The van der Waals surface area contributed by atoms with Crippen molar-refractivity contribution in [3.8, 4) is 23.0 Å². The summed E-state index contributed by atoms with van der Waals surface area (Å²) < 4.78 is 21.6. The van der Waals surface area contributed by atoms with Crippen molar-refractivity contribution >= 4 is 23.6 Å². The molecule has 2 heterocycles. The Balaban J connectivity index is 1.37. The molecule has 0 aliphatic carbocycles. The zero-order valence-corrected chi connectivity index (χ0v) is 17.4. The number of methoxy groups -OCH3 is 2. The van der Waals surface area contributed by atoms with Gasteiger partial charge >= 0.3 is 0 Å². The number of rotatable bonds is 6. The number of nitrogens with one attached hydrogen (secondary N) is 1. The minimum Gasteiger partial charge on any atom is -0.493 e. The van der Waals surface area contributed by atoms with E-state index in [0.717, 1.165) is 11.3 Å². The molecule has 2 aromatic carbocycles. The fraction of sp³-hybridized carbons (Fsp3) is 0.304. The van der Waals surface area contributed by atoms with Crippen molar-refractivity contribution in [2.75, 3.05) is 38.9 Å². The normalized spacial score (nSPS) is 17.7. The lowest BCUT2D eigenvalue weighted by Gasteiger charge is -2.22. The number of nitrogens with zero attached hydrogens (tertiary/aromatic N) is 1. The van der Waals surface area contributed by atoms with E-state index in [0.29, 0.717) is 42.8 Å². The number of hydrogen-bond acceptors (Lipinski definition) is 6.